The molecule has 2 nitrogen and oxygen atoms in total. The Labute approximate surface area is 822 Å². The minimum absolute atomic E-state index is 0.0897. The molecule has 2 fully saturated rings. The molecule has 2 aromatic heterocycles. The van der Waals surface area contributed by atoms with Crippen LogP contribution in [-0.4, -0.2) is 9.97 Å². The maximum absolute atomic E-state index is 13.0. The first-order valence-corrected chi connectivity index (χ1v) is 52.6. The van der Waals surface area contributed by atoms with E-state index in [0.29, 0.717) is 40.9 Å². The van der Waals surface area contributed by atoms with Crippen LogP contribution >= 0.6 is 0 Å². The van der Waals surface area contributed by atoms with Crippen molar-refractivity contribution in [2.45, 2.75) is 418 Å². The van der Waals surface area contributed by atoms with Crippen LogP contribution in [0, 0.1) is 170 Å². The van der Waals surface area contributed by atoms with Crippen LogP contribution in [0.3, 0.4) is 0 Å². The van der Waals surface area contributed by atoms with E-state index in [2.05, 4.69) is 325 Å². The fraction of sp³-hybridized carbons (Fsp3) is 0.635. The lowest BCUT2D eigenvalue weighted by molar-refractivity contribution is 0.338. The molecule has 0 spiro atoms. The predicted molar refractivity (Wildman–Crippen MR) is 585 cm³/mol. The number of halogens is 5. The van der Waals surface area contributed by atoms with Crippen molar-refractivity contribution in [3.8, 4) is 0 Å². The van der Waals surface area contributed by atoms with Gasteiger partial charge in [0, 0.05) is 23.8 Å². The van der Waals surface area contributed by atoms with Crippen LogP contribution in [0.5, 0.6) is 0 Å². The van der Waals surface area contributed by atoms with Crippen LogP contribution in [0.15, 0.2) is 170 Å². The maximum Gasteiger partial charge on any atom is 0.159 e. The molecule has 7 heteroatoms. The molecule has 0 aliphatic heterocycles. The van der Waals surface area contributed by atoms with Crippen LogP contribution in [0.4, 0.5) is 22.0 Å². The third-order valence-corrected chi connectivity index (χ3v) is 21.4. The number of pyridine rings is 2. The first kappa shape index (κ1) is 133. The summed E-state index contributed by atoms with van der Waals surface area (Å²) in [7, 11) is 0. The summed E-state index contributed by atoms with van der Waals surface area (Å²) in [6.07, 6.45) is 32.2. The van der Waals surface area contributed by atoms with Gasteiger partial charge < -0.3 is 0 Å². The molecule has 2 saturated carbocycles. The molecule has 2 aliphatic carbocycles. The van der Waals surface area contributed by atoms with E-state index in [1.165, 1.54) is 160 Å². The average molecular weight is 1850 g/mol. The number of rotatable bonds is 27. The molecule has 0 atom stereocenters. The smallest absolute Gasteiger partial charge is 0.159 e. The van der Waals surface area contributed by atoms with Crippen molar-refractivity contribution in [2.75, 3.05) is 0 Å². The Morgan fingerprint density at radius 1 is 0.293 bits per heavy atom. The second-order valence-electron chi connectivity index (χ2n) is 45.7. The number of aromatic nitrogens is 2. The van der Waals surface area contributed by atoms with Gasteiger partial charge in [-0.15, -0.1) is 0 Å². The maximum atomic E-state index is 13.0. The van der Waals surface area contributed by atoms with E-state index in [4.69, 9.17) is 0 Å². The summed E-state index contributed by atoms with van der Waals surface area (Å²) < 4.78 is 63.8. The number of hydrogen-bond donors (Lipinski definition) is 0. The third kappa shape index (κ3) is 87.8. The second-order valence-corrected chi connectivity index (χ2v) is 45.7. The number of aryl methyl sites for hydroxylation is 5. The van der Waals surface area contributed by atoms with Crippen molar-refractivity contribution in [3.63, 3.8) is 0 Å². The van der Waals surface area contributed by atoms with Gasteiger partial charge in [-0.25, -0.2) is 22.0 Å². The highest BCUT2D eigenvalue weighted by Gasteiger charge is 2.21. The van der Waals surface area contributed by atoms with E-state index in [1.54, 1.807) is 45.0 Å². The van der Waals surface area contributed by atoms with Crippen molar-refractivity contribution < 1.29 is 22.0 Å². The van der Waals surface area contributed by atoms with Crippen LogP contribution in [-0.2, 0) is 51.4 Å². The minimum Gasteiger partial charge on any atom is -0.261 e. The van der Waals surface area contributed by atoms with E-state index in [0.717, 1.165) is 131 Å². The van der Waals surface area contributed by atoms with Gasteiger partial charge in [0.2, 0.25) is 0 Å². The molecule has 8 aromatic rings. The summed E-state index contributed by atoms with van der Waals surface area (Å²) in [4.78, 5) is 8.54. The Kier molecular flexibility index (Phi) is 78.9. The average Bonchev–Trinajstić information content (AvgIpc) is 1.88. The molecule has 2 aliphatic rings. The molecule has 10 rings (SSSR count). The summed E-state index contributed by atoms with van der Waals surface area (Å²) in [6, 6.07) is 49.9. The Bertz CT molecular complexity index is 3600. The molecule has 0 unspecified atom stereocenters. The molecule has 0 radical (unpaired) electrons. The van der Waals surface area contributed by atoms with Gasteiger partial charge >= 0.3 is 0 Å². The summed E-state index contributed by atoms with van der Waals surface area (Å²) in [5.41, 5.74) is 15.0. The van der Waals surface area contributed by atoms with Crippen LogP contribution < -0.4 is 0 Å². The SMILES string of the molecule is CC(C)C1CCCC1.CC(C)CC(C)C.CC(C)CCC(C)(C)C.CC(C)CCC(C)C.CC(C)CCC1CC1.CC(C)Cc1ccc(F)c(F)c1.CC(C)Cc1ccccc1.CC(C)Cc1ccccn1.CCC.Cc1cc(CC(C)C)ccc1F.Cc1cc(CC(C)C)ccc1F.Cc1ccc(CC(C)C)cc1.Cc1ccc(CC(C)C)cc1F.Cc1ccc(CC(C)C)nc1. The zero-order valence-corrected chi connectivity index (χ0v) is 93.8. The van der Waals surface area contributed by atoms with Gasteiger partial charge in [-0.3, -0.25) is 9.97 Å². The summed E-state index contributed by atoms with van der Waals surface area (Å²) in [5.74, 6) is 11.9. The molecule has 0 saturated heterocycles. The Morgan fingerprint density at radius 2 is 0.632 bits per heavy atom. The highest BCUT2D eigenvalue weighted by molar-refractivity contribution is 5.27. The Morgan fingerprint density at radius 3 is 0.925 bits per heavy atom. The van der Waals surface area contributed by atoms with E-state index in [-0.39, 0.29) is 17.5 Å². The molecule has 6 aromatic carbocycles. The Balaban J connectivity index is -0.000000678. The van der Waals surface area contributed by atoms with Gasteiger partial charge in [0.15, 0.2) is 11.6 Å². The first-order valence-electron chi connectivity index (χ1n) is 52.6. The van der Waals surface area contributed by atoms with Crippen LogP contribution in [0.25, 0.3) is 0 Å². The lowest BCUT2D eigenvalue weighted by Gasteiger charge is -2.18. The lowest BCUT2D eigenvalue weighted by Crippen LogP contribution is -2.05. The van der Waals surface area contributed by atoms with Crippen molar-refractivity contribution in [2.24, 2.45) is 106 Å². The predicted octanol–water partition coefficient (Wildman–Crippen LogP) is 40.4. The quantitative estimate of drug-likeness (QED) is 0.0480. The van der Waals surface area contributed by atoms with Crippen molar-refractivity contribution in [1.29, 1.82) is 0 Å². The molecular weight excluding hydrogens is 1640 g/mol. The highest BCUT2D eigenvalue weighted by atomic mass is 19.2. The molecule has 0 N–H and O–H groups in total. The topological polar surface area (TPSA) is 25.8 Å². The summed E-state index contributed by atoms with van der Waals surface area (Å²) in [5, 5.41) is 0. The normalized spacial score (nSPS) is 12.0. The Hall–Kier alpha value is -6.73. The second kappa shape index (κ2) is 79.2. The zero-order chi connectivity index (χ0) is 102. The largest absolute Gasteiger partial charge is 0.261 e. The molecule has 0 bridgehead atoms. The molecule has 0 amide bonds. The van der Waals surface area contributed by atoms with E-state index < -0.39 is 11.6 Å². The standard InChI is InChI=1S/3C11H15F.C11H16.C10H12F2.C10H15N.C10H14.C9H13N.C9H20.2C8H16.C8H18.C7H16.C3H8/c2*1-8(2)6-10-4-5-11(12)9(3)7-10;1-8(2)6-10-5-4-9(3)11(12)7-10;1-9(2)8-11-6-4-10(3)5-7-11;1-7(2)5-8-3-4-9(11)10(12)6-8;1-8(2)6-10-5-4-9(3)7-11-10;1-9(2)8-10-6-4-3-5-7-10;1-8(2)7-9-5-3-4-6-10-9;1-8(2)6-7-9(3,4)5;1-7(2)3-4-8-5-6-8;1-7(2)8-5-3-4-6-8;1-7(2)5-6-8(3)4;1-6(2)5-7(3)4;1-3-2/h3*4-5,7-8H,6H2,1-3H3;4-7,9H,8H2,1-3H3;3-4,6-7H,5H2,1-2H3;4-5,7-8H,6H2,1-3H3;3-7,9H,8H2,1-2H3;3-6,8H,7H2,1-2H3;8H,6-7H2,1-5H3;2*7-8H,3-6H2,1-2H3;7-8H,5-6H2,1-4H3;6-7H,5H2,1-4H3;3H2,1-2H3. The molecule has 2 heterocycles. The van der Waals surface area contributed by atoms with Crippen molar-refractivity contribution >= 4 is 0 Å². The first-order chi connectivity index (χ1) is 62.0. The highest BCUT2D eigenvalue weighted by Crippen LogP contribution is 2.35. The lowest BCUT2D eigenvalue weighted by atomic mass is 9.88. The van der Waals surface area contributed by atoms with Crippen LogP contribution in [0.2, 0.25) is 0 Å². The van der Waals surface area contributed by atoms with Gasteiger partial charge in [-0.05, 0) is 309 Å². The van der Waals surface area contributed by atoms with Crippen LogP contribution in [0.1, 0.15) is 405 Å². The van der Waals surface area contributed by atoms with E-state index in [9.17, 15) is 22.0 Å². The zero-order valence-electron chi connectivity index (χ0n) is 93.8. The van der Waals surface area contributed by atoms with Crippen molar-refractivity contribution in [3.05, 3.63) is 272 Å². The third-order valence-electron chi connectivity index (χ3n) is 21.4. The summed E-state index contributed by atoms with van der Waals surface area (Å²) in [6.45, 7) is 87.6. The number of hydrogen-bond acceptors (Lipinski definition) is 2. The fourth-order valence-corrected chi connectivity index (χ4v) is 14.2. The fourth-order valence-electron chi connectivity index (χ4n) is 14.2. The van der Waals surface area contributed by atoms with Gasteiger partial charge in [0.05, 0.1) is 0 Å². The molecular formula is C126H209F5N2. The van der Waals surface area contributed by atoms with Gasteiger partial charge in [0.1, 0.15) is 17.5 Å². The molecule has 133 heavy (non-hydrogen) atoms. The molecule has 758 valence electrons. The monoisotopic (exact) mass is 1850 g/mol. The van der Waals surface area contributed by atoms with Gasteiger partial charge in [0.25, 0.3) is 0 Å². The number of nitrogens with zero attached hydrogens (tertiary/aromatic N) is 2. The van der Waals surface area contributed by atoms with Crippen molar-refractivity contribution in [1.82, 2.24) is 9.97 Å². The van der Waals surface area contributed by atoms with Gasteiger partial charge in [-0.2, -0.15) is 0 Å². The summed E-state index contributed by atoms with van der Waals surface area (Å²) >= 11 is 0. The van der Waals surface area contributed by atoms with Gasteiger partial charge in [-0.1, -0.05) is 434 Å². The minimum atomic E-state index is -0.775. The van der Waals surface area contributed by atoms with E-state index >= 15 is 0 Å². The van der Waals surface area contributed by atoms with E-state index in [1.807, 2.05) is 74.8 Å². The number of benzene rings is 6.